The maximum Gasteiger partial charge on any atom is 0.573 e. The topological polar surface area (TPSA) is 24.5 Å². The lowest BCUT2D eigenvalue weighted by atomic mass is 9.80. The van der Waals surface area contributed by atoms with Gasteiger partial charge in [0.2, 0.25) is 0 Å². The zero-order valence-electron chi connectivity index (χ0n) is 14.1. The smallest absolute Gasteiger partial charge is 0.406 e. The predicted molar refractivity (Wildman–Crippen MR) is 86.8 cm³/mol. The Morgan fingerprint density at radius 1 is 1.08 bits per heavy atom. The fraction of sp³-hybridized carbons (Fsp3) is 0.667. The van der Waals surface area contributed by atoms with E-state index in [0.29, 0.717) is 5.56 Å². The maximum atomic E-state index is 14.6. The number of halogens is 4. The van der Waals surface area contributed by atoms with Gasteiger partial charge in [0.15, 0.2) is 0 Å². The van der Waals surface area contributed by atoms with Crippen LogP contribution in [-0.2, 0) is 0 Å². The molecule has 2 fully saturated rings. The lowest BCUT2D eigenvalue weighted by Crippen LogP contribution is -2.47. The zero-order chi connectivity index (χ0) is 17.9. The Balaban J connectivity index is 1.92. The van der Waals surface area contributed by atoms with E-state index in [1.807, 2.05) is 0 Å². The van der Waals surface area contributed by atoms with Gasteiger partial charge in [0.1, 0.15) is 11.6 Å². The van der Waals surface area contributed by atoms with Crippen LogP contribution in [-0.4, -0.2) is 37.4 Å². The minimum Gasteiger partial charge on any atom is -0.406 e. The molecule has 140 valence electrons. The summed E-state index contributed by atoms with van der Waals surface area (Å²) < 4.78 is 56.3. The number of rotatable bonds is 4. The summed E-state index contributed by atoms with van der Waals surface area (Å²) in [5, 5.41) is 3.27. The quantitative estimate of drug-likeness (QED) is 0.813. The zero-order valence-corrected chi connectivity index (χ0v) is 14.1. The van der Waals surface area contributed by atoms with Crippen molar-refractivity contribution in [2.24, 2.45) is 5.92 Å². The molecule has 0 spiro atoms. The number of benzene rings is 1. The molecule has 0 radical (unpaired) electrons. The van der Waals surface area contributed by atoms with E-state index in [0.717, 1.165) is 64.0 Å². The Kier molecular flexibility index (Phi) is 5.84. The van der Waals surface area contributed by atoms with Gasteiger partial charge in [-0.05, 0) is 37.0 Å². The summed E-state index contributed by atoms with van der Waals surface area (Å²) in [4.78, 5) is 2.21. The molecule has 1 N–H and O–H groups in total. The number of nitrogens with zero attached hydrogens (tertiary/aromatic N) is 1. The first-order chi connectivity index (χ1) is 11.9. The molecule has 3 rings (SSSR count). The van der Waals surface area contributed by atoms with Crippen LogP contribution in [0.3, 0.4) is 0 Å². The van der Waals surface area contributed by atoms with Crippen molar-refractivity contribution < 1.29 is 22.3 Å². The van der Waals surface area contributed by atoms with Gasteiger partial charge in [-0.3, -0.25) is 4.90 Å². The summed E-state index contributed by atoms with van der Waals surface area (Å²) in [5.41, 5.74) is 0.329. The van der Waals surface area contributed by atoms with Gasteiger partial charge in [0, 0.05) is 37.8 Å². The second-order valence-electron chi connectivity index (χ2n) is 6.86. The highest BCUT2D eigenvalue weighted by atomic mass is 19.4. The fourth-order valence-corrected chi connectivity index (χ4v) is 4.10. The van der Waals surface area contributed by atoms with Gasteiger partial charge in [-0.15, -0.1) is 13.2 Å². The number of alkyl halides is 3. The van der Waals surface area contributed by atoms with Gasteiger partial charge < -0.3 is 10.1 Å². The van der Waals surface area contributed by atoms with Crippen LogP contribution in [0.1, 0.15) is 43.7 Å². The van der Waals surface area contributed by atoms with Crippen LogP contribution in [0.2, 0.25) is 0 Å². The Hall–Kier alpha value is -1.34. The third kappa shape index (κ3) is 4.85. The molecule has 1 saturated heterocycles. The highest BCUT2D eigenvalue weighted by Gasteiger charge is 2.35. The molecular formula is C18H24F4N2O. The van der Waals surface area contributed by atoms with Crippen LogP contribution in [0.4, 0.5) is 17.6 Å². The van der Waals surface area contributed by atoms with Crippen molar-refractivity contribution >= 4 is 0 Å². The molecule has 1 heterocycles. The van der Waals surface area contributed by atoms with Gasteiger partial charge >= 0.3 is 6.36 Å². The Labute approximate surface area is 145 Å². The molecule has 1 aromatic carbocycles. The Morgan fingerprint density at radius 2 is 1.76 bits per heavy atom. The first kappa shape index (κ1) is 18.5. The van der Waals surface area contributed by atoms with E-state index in [9.17, 15) is 17.6 Å². The molecule has 7 heteroatoms. The van der Waals surface area contributed by atoms with Crippen molar-refractivity contribution in [2.75, 3.05) is 26.2 Å². The van der Waals surface area contributed by atoms with Crippen LogP contribution in [0.25, 0.3) is 0 Å². The van der Waals surface area contributed by atoms with Gasteiger partial charge in [0.25, 0.3) is 0 Å². The summed E-state index contributed by atoms with van der Waals surface area (Å²) in [6.07, 6.45) is 0.549. The van der Waals surface area contributed by atoms with E-state index >= 15 is 0 Å². The monoisotopic (exact) mass is 360 g/mol. The van der Waals surface area contributed by atoms with Crippen LogP contribution >= 0.6 is 0 Å². The van der Waals surface area contributed by atoms with Crippen molar-refractivity contribution in [2.45, 2.75) is 44.5 Å². The third-order valence-corrected chi connectivity index (χ3v) is 5.16. The first-order valence-electron chi connectivity index (χ1n) is 8.94. The van der Waals surface area contributed by atoms with Gasteiger partial charge in [-0.2, -0.15) is 0 Å². The van der Waals surface area contributed by atoms with Crippen LogP contribution < -0.4 is 10.1 Å². The van der Waals surface area contributed by atoms with Crippen LogP contribution in [0, 0.1) is 11.7 Å². The van der Waals surface area contributed by atoms with Crippen LogP contribution in [0.15, 0.2) is 18.2 Å². The molecule has 2 aliphatic rings. The highest BCUT2D eigenvalue weighted by Crippen LogP contribution is 2.40. The fourth-order valence-electron chi connectivity index (χ4n) is 4.10. The average Bonchev–Trinajstić information content (AvgIpc) is 2.59. The summed E-state index contributed by atoms with van der Waals surface area (Å²) in [7, 11) is 0. The highest BCUT2D eigenvalue weighted by molar-refractivity contribution is 5.33. The summed E-state index contributed by atoms with van der Waals surface area (Å²) in [6, 6.07) is 3.18. The van der Waals surface area contributed by atoms with Crippen LogP contribution in [0.5, 0.6) is 5.75 Å². The second-order valence-corrected chi connectivity index (χ2v) is 6.86. The van der Waals surface area contributed by atoms with Crippen molar-refractivity contribution in [3.8, 4) is 5.75 Å². The van der Waals surface area contributed by atoms with E-state index in [4.69, 9.17) is 0 Å². The lowest BCUT2D eigenvalue weighted by molar-refractivity contribution is -0.274. The van der Waals surface area contributed by atoms with E-state index in [1.165, 1.54) is 12.5 Å². The minimum atomic E-state index is -4.77. The van der Waals surface area contributed by atoms with E-state index in [1.54, 1.807) is 0 Å². The number of ether oxygens (including phenoxy) is 1. The molecule has 1 aliphatic heterocycles. The van der Waals surface area contributed by atoms with E-state index < -0.39 is 12.2 Å². The molecule has 1 aromatic rings. The second kappa shape index (κ2) is 7.91. The minimum absolute atomic E-state index is 0.195. The number of hydrogen-bond donors (Lipinski definition) is 1. The van der Waals surface area contributed by atoms with E-state index in [2.05, 4.69) is 15.0 Å². The molecule has 0 aromatic heterocycles. The molecule has 1 aliphatic carbocycles. The maximum absolute atomic E-state index is 14.6. The van der Waals surface area contributed by atoms with Gasteiger partial charge in [-0.25, -0.2) is 4.39 Å². The summed E-state index contributed by atoms with van der Waals surface area (Å²) >= 11 is 0. The van der Waals surface area contributed by atoms with Gasteiger partial charge in [0.05, 0.1) is 0 Å². The van der Waals surface area contributed by atoms with Gasteiger partial charge in [-0.1, -0.05) is 19.3 Å². The number of nitrogens with one attached hydrogen (secondary N) is 1. The number of piperazine rings is 1. The molecule has 3 nitrogen and oxygen atoms in total. The van der Waals surface area contributed by atoms with Crippen molar-refractivity contribution in [3.05, 3.63) is 29.6 Å². The molecule has 25 heavy (non-hydrogen) atoms. The van der Waals surface area contributed by atoms with Crippen molar-refractivity contribution in [1.29, 1.82) is 0 Å². The molecule has 0 amide bonds. The molecule has 1 saturated carbocycles. The Morgan fingerprint density at radius 3 is 2.40 bits per heavy atom. The van der Waals surface area contributed by atoms with E-state index in [-0.39, 0.29) is 17.7 Å². The third-order valence-electron chi connectivity index (χ3n) is 5.16. The SMILES string of the molecule is Fc1ccc(OC(F)(F)F)cc1[C@H](C1CCCCC1)N1CCNCC1. The molecule has 0 bridgehead atoms. The number of hydrogen-bond acceptors (Lipinski definition) is 3. The average molecular weight is 360 g/mol. The predicted octanol–water partition coefficient (Wildman–Crippen LogP) is 4.25. The first-order valence-corrected chi connectivity index (χ1v) is 8.94. The largest absolute Gasteiger partial charge is 0.573 e. The van der Waals surface area contributed by atoms with Crippen molar-refractivity contribution in [3.63, 3.8) is 0 Å². The molecule has 0 unspecified atom stereocenters. The molecular weight excluding hydrogens is 336 g/mol. The lowest BCUT2D eigenvalue weighted by Gasteiger charge is -2.41. The standard InChI is InChI=1S/C18H24F4N2O/c19-16-7-6-14(25-18(20,21)22)12-15(16)17(13-4-2-1-3-5-13)24-10-8-23-9-11-24/h6-7,12-13,17,23H,1-5,8-11H2/t17-/m0/s1. The molecule has 1 atom stereocenters. The normalized spacial score (nSPS) is 21.9. The summed E-state index contributed by atoms with van der Waals surface area (Å²) in [6.45, 7) is 3.16. The summed E-state index contributed by atoms with van der Waals surface area (Å²) in [5.74, 6) is -0.536. The Bertz CT molecular complexity index is 549. The van der Waals surface area contributed by atoms with Crippen molar-refractivity contribution in [1.82, 2.24) is 10.2 Å².